The summed E-state index contributed by atoms with van der Waals surface area (Å²) in [4.78, 5) is 28.6. The minimum absolute atomic E-state index is 0.0287. The van der Waals surface area contributed by atoms with E-state index in [-0.39, 0.29) is 44.6 Å². The first-order valence-corrected chi connectivity index (χ1v) is 10.1. The number of aromatic nitrogens is 8. The zero-order valence-electron chi connectivity index (χ0n) is 17.5. The van der Waals surface area contributed by atoms with Crippen LogP contribution in [0.2, 0.25) is 0 Å². The van der Waals surface area contributed by atoms with Gasteiger partial charge in [-0.1, -0.05) is 0 Å². The van der Waals surface area contributed by atoms with Crippen LogP contribution in [0.25, 0.3) is 44.4 Å². The highest BCUT2D eigenvalue weighted by Gasteiger charge is 2.35. The Hall–Kier alpha value is -4.95. The molecule has 0 bridgehead atoms. The number of rotatable bonds is 3. The maximum absolute atomic E-state index is 14.1. The smallest absolute Gasteiger partial charge is 0.321 e. The molecule has 0 atom stereocenters. The molecule has 10 nitrogen and oxygen atoms in total. The number of hydrogen-bond acceptors (Lipinski definition) is 7. The summed E-state index contributed by atoms with van der Waals surface area (Å²) < 4.78 is 69.8. The van der Waals surface area contributed by atoms with Crippen LogP contribution in [0.15, 0.2) is 41.5 Å². The Morgan fingerprint density at radius 3 is 2.50 bits per heavy atom. The van der Waals surface area contributed by atoms with E-state index in [1.807, 2.05) is 0 Å². The van der Waals surface area contributed by atoms with Crippen molar-refractivity contribution < 1.29 is 22.0 Å². The Kier molecular flexibility index (Phi) is 4.51. The molecule has 0 radical (unpaired) electrons. The zero-order valence-corrected chi connectivity index (χ0v) is 17.5. The van der Waals surface area contributed by atoms with E-state index in [1.54, 1.807) is 0 Å². The third-order valence-electron chi connectivity index (χ3n) is 5.42. The van der Waals surface area contributed by atoms with Gasteiger partial charge >= 0.3 is 6.18 Å². The van der Waals surface area contributed by atoms with Crippen LogP contribution in [0.1, 0.15) is 5.56 Å². The Balaban J connectivity index is 1.59. The van der Waals surface area contributed by atoms with Gasteiger partial charge in [0.05, 0.1) is 21.9 Å². The summed E-state index contributed by atoms with van der Waals surface area (Å²) in [6.07, 6.45) is -2.23. The van der Waals surface area contributed by atoms with Crippen LogP contribution in [-0.2, 0) is 6.18 Å². The third kappa shape index (κ3) is 3.40. The molecule has 2 aromatic carbocycles. The van der Waals surface area contributed by atoms with Gasteiger partial charge in [0.15, 0.2) is 34.4 Å². The standard InChI is InChI=1S/C21H10F5N9O/c22-7-3-10-14(12(23)4-7)33-34-17(10)31-19-15-18(28-2-1-27-15)29-16(30-19)8-5-9-13(32-35-20(9)36)6-11(8)21(24,25)26/h1-6H,(H2,32,35,36)(H2,28,29,30,31,33,34). The summed E-state index contributed by atoms with van der Waals surface area (Å²) in [6.45, 7) is 0. The highest BCUT2D eigenvalue weighted by Crippen LogP contribution is 2.39. The van der Waals surface area contributed by atoms with E-state index in [0.717, 1.165) is 18.2 Å². The van der Waals surface area contributed by atoms with Crippen LogP contribution < -0.4 is 10.9 Å². The molecule has 0 saturated heterocycles. The van der Waals surface area contributed by atoms with E-state index in [1.165, 1.54) is 12.4 Å². The molecule has 0 unspecified atom stereocenters. The fraction of sp³-hybridized carbons (Fsp3) is 0.0476. The van der Waals surface area contributed by atoms with Gasteiger partial charge < -0.3 is 5.32 Å². The van der Waals surface area contributed by atoms with Crippen LogP contribution in [0, 0.1) is 11.6 Å². The largest absolute Gasteiger partial charge is 0.417 e. The number of fused-ring (bicyclic) bond motifs is 3. The van der Waals surface area contributed by atoms with Crippen LogP contribution in [0.3, 0.4) is 0 Å². The molecule has 0 fully saturated rings. The summed E-state index contributed by atoms with van der Waals surface area (Å²) >= 11 is 0. The molecular formula is C21H10F5N9O. The number of halogens is 5. The predicted molar refractivity (Wildman–Crippen MR) is 117 cm³/mol. The topological polar surface area (TPSA) is 141 Å². The average Bonchev–Trinajstić information content (AvgIpc) is 3.41. The summed E-state index contributed by atoms with van der Waals surface area (Å²) in [5.41, 5.74) is -2.39. The quantitative estimate of drug-likeness (QED) is 0.268. The number of hydrogen-bond donors (Lipinski definition) is 4. The monoisotopic (exact) mass is 499 g/mol. The van der Waals surface area contributed by atoms with Gasteiger partial charge in [-0.25, -0.2) is 28.7 Å². The van der Waals surface area contributed by atoms with E-state index < -0.39 is 40.3 Å². The average molecular weight is 499 g/mol. The van der Waals surface area contributed by atoms with Crippen LogP contribution in [0.4, 0.5) is 33.6 Å². The zero-order chi connectivity index (χ0) is 25.2. The van der Waals surface area contributed by atoms with Crippen molar-refractivity contribution in [2.75, 3.05) is 5.32 Å². The Bertz CT molecular complexity index is 1870. The predicted octanol–water partition coefficient (Wildman–Crippen LogP) is 4.17. The number of aromatic amines is 3. The third-order valence-corrected chi connectivity index (χ3v) is 5.42. The molecule has 0 aliphatic carbocycles. The molecule has 6 aromatic rings. The highest BCUT2D eigenvalue weighted by molar-refractivity contribution is 5.95. The first-order valence-electron chi connectivity index (χ1n) is 10.1. The summed E-state index contributed by atoms with van der Waals surface area (Å²) in [5.74, 6) is -2.36. The van der Waals surface area contributed by atoms with Crippen LogP contribution in [-0.4, -0.2) is 40.3 Å². The number of benzene rings is 2. The fourth-order valence-electron chi connectivity index (χ4n) is 3.83. The van der Waals surface area contributed by atoms with E-state index >= 15 is 0 Å². The molecule has 4 aromatic heterocycles. The van der Waals surface area contributed by atoms with Crippen LogP contribution >= 0.6 is 0 Å². The SMILES string of the molecule is O=c1[nH][nH]c2cc(C(F)(F)F)c(-c3nc(Nc4n[nH]c5c(F)cc(F)cc45)c4nccnc4n3)cc12. The van der Waals surface area contributed by atoms with E-state index in [9.17, 15) is 26.7 Å². The normalized spacial score (nSPS) is 12.1. The minimum atomic E-state index is -4.82. The maximum atomic E-state index is 14.1. The Morgan fingerprint density at radius 2 is 1.69 bits per heavy atom. The number of nitrogens with one attached hydrogen (secondary N) is 4. The molecule has 0 aliphatic rings. The Labute approximate surface area is 194 Å². The summed E-state index contributed by atoms with van der Waals surface area (Å²) in [6, 6.07) is 3.48. The van der Waals surface area contributed by atoms with Crippen LogP contribution in [0.5, 0.6) is 0 Å². The molecule has 0 spiro atoms. The fourth-order valence-corrected chi connectivity index (χ4v) is 3.83. The van der Waals surface area contributed by atoms with Gasteiger partial charge in [0.1, 0.15) is 11.3 Å². The van der Waals surface area contributed by atoms with Gasteiger partial charge in [-0.2, -0.15) is 18.3 Å². The molecule has 4 heterocycles. The number of nitrogens with zero attached hydrogens (tertiary/aromatic N) is 5. The van der Waals surface area contributed by atoms with Crippen molar-refractivity contribution in [2.24, 2.45) is 0 Å². The Morgan fingerprint density at radius 1 is 0.889 bits per heavy atom. The van der Waals surface area contributed by atoms with Gasteiger partial charge in [0, 0.05) is 24.0 Å². The second-order valence-electron chi connectivity index (χ2n) is 7.65. The summed E-state index contributed by atoms with van der Waals surface area (Å²) in [7, 11) is 0. The first-order chi connectivity index (χ1) is 17.2. The second-order valence-corrected chi connectivity index (χ2v) is 7.65. The van der Waals surface area contributed by atoms with Crippen molar-refractivity contribution in [3.8, 4) is 11.4 Å². The van der Waals surface area contributed by atoms with Gasteiger partial charge in [-0.05, 0) is 18.2 Å². The molecular weight excluding hydrogens is 489 g/mol. The molecule has 15 heteroatoms. The lowest BCUT2D eigenvalue weighted by Crippen LogP contribution is -2.10. The number of alkyl halides is 3. The first kappa shape index (κ1) is 21.6. The van der Waals surface area contributed by atoms with Gasteiger partial charge in [0.25, 0.3) is 5.56 Å². The lowest BCUT2D eigenvalue weighted by molar-refractivity contribution is -0.137. The van der Waals surface area contributed by atoms with E-state index in [0.29, 0.717) is 6.07 Å². The molecule has 0 aliphatic heterocycles. The molecule has 6 rings (SSSR count). The van der Waals surface area contributed by atoms with Crippen molar-refractivity contribution in [3.63, 3.8) is 0 Å². The lowest BCUT2D eigenvalue weighted by Gasteiger charge is -2.14. The summed E-state index contributed by atoms with van der Waals surface area (Å²) in [5, 5.41) is 13.7. The molecule has 0 amide bonds. The lowest BCUT2D eigenvalue weighted by atomic mass is 10.0. The molecule has 0 saturated carbocycles. The molecule has 4 N–H and O–H groups in total. The highest BCUT2D eigenvalue weighted by atomic mass is 19.4. The van der Waals surface area contributed by atoms with Crippen molar-refractivity contribution >= 4 is 44.6 Å². The van der Waals surface area contributed by atoms with E-state index in [2.05, 4.69) is 45.6 Å². The van der Waals surface area contributed by atoms with Gasteiger partial charge in [-0.15, -0.1) is 0 Å². The number of H-pyrrole nitrogens is 3. The molecule has 36 heavy (non-hydrogen) atoms. The van der Waals surface area contributed by atoms with Crippen molar-refractivity contribution in [1.82, 2.24) is 40.3 Å². The van der Waals surface area contributed by atoms with Crippen molar-refractivity contribution in [3.05, 3.63) is 64.2 Å². The second kappa shape index (κ2) is 7.53. The maximum Gasteiger partial charge on any atom is 0.417 e. The van der Waals surface area contributed by atoms with Gasteiger partial charge in [0.2, 0.25) is 0 Å². The minimum Gasteiger partial charge on any atom is -0.321 e. The van der Waals surface area contributed by atoms with Crippen molar-refractivity contribution in [2.45, 2.75) is 6.18 Å². The van der Waals surface area contributed by atoms with Gasteiger partial charge in [-0.3, -0.25) is 20.1 Å². The number of anilines is 2. The molecule has 180 valence electrons. The van der Waals surface area contributed by atoms with Crippen molar-refractivity contribution in [1.29, 1.82) is 0 Å². The van der Waals surface area contributed by atoms with E-state index in [4.69, 9.17) is 0 Å².